The van der Waals surface area contributed by atoms with E-state index in [1.807, 2.05) is 0 Å². The smallest absolute Gasteiger partial charge is 0.350 e. The fraction of sp³-hybridized carbons (Fsp3) is 0.333. The van der Waals surface area contributed by atoms with Crippen LogP contribution in [-0.4, -0.2) is 25.0 Å². The minimum Gasteiger partial charge on any atom is -0.350 e. The Morgan fingerprint density at radius 3 is 2.64 bits per heavy atom. The van der Waals surface area contributed by atoms with Crippen LogP contribution in [0, 0.1) is 0 Å². The van der Waals surface area contributed by atoms with Gasteiger partial charge in [-0.3, -0.25) is 9.68 Å². The molecule has 0 atom stereocenters. The molecule has 0 aromatic carbocycles. The van der Waals surface area contributed by atoms with Gasteiger partial charge in [0.1, 0.15) is 6.61 Å². The van der Waals surface area contributed by atoms with Crippen molar-refractivity contribution in [1.82, 2.24) is 5.32 Å². The molecular formula is C9H13NO4. The number of rotatable bonds is 6. The van der Waals surface area contributed by atoms with Gasteiger partial charge in [-0.15, -0.1) is 0 Å². The molecule has 5 nitrogen and oxygen atoms in total. The predicted molar refractivity (Wildman–Crippen MR) is 50.1 cm³/mol. The van der Waals surface area contributed by atoms with Crippen molar-refractivity contribution >= 4 is 11.9 Å². The number of amides is 1. The van der Waals surface area contributed by atoms with Crippen molar-refractivity contribution in [2.75, 3.05) is 13.2 Å². The molecule has 0 saturated carbocycles. The van der Waals surface area contributed by atoms with Gasteiger partial charge in [-0.25, -0.2) is 4.79 Å². The lowest BCUT2D eigenvalue weighted by Gasteiger charge is -2.03. The van der Waals surface area contributed by atoms with Crippen LogP contribution in [0.4, 0.5) is 0 Å². The van der Waals surface area contributed by atoms with Gasteiger partial charge in [0.2, 0.25) is 5.91 Å². The maximum atomic E-state index is 10.7. The first-order valence-corrected chi connectivity index (χ1v) is 3.97. The maximum absolute atomic E-state index is 10.7. The highest BCUT2D eigenvalue weighted by Crippen LogP contribution is 1.91. The highest BCUT2D eigenvalue weighted by molar-refractivity contribution is 5.87. The molecule has 78 valence electrons. The van der Waals surface area contributed by atoms with Gasteiger partial charge in [-0.05, 0) is 13.0 Å². The van der Waals surface area contributed by atoms with Crippen molar-refractivity contribution in [3.63, 3.8) is 0 Å². The standard InChI is InChI=1S/C9H13NO4/c1-4-8(11)10-5-6-13-14-9(12)7(2)3/h4H,1-2,5-6H2,3H3,(H,10,11). The molecule has 0 radical (unpaired) electrons. The van der Waals surface area contributed by atoms with Crippen molar-refractivity contribution in [2.45, 2.75) is 6.92 Å². The molecule has 0 aliphatic carbocycles. The Kier molecular flexibility index (Phi) is 6.06. The van der Waals surface area contributed by atoms with E-state index in [9.17, 15) is 9.59 Å². The first-order valence-electron chi connectivity index (χ1n) is 3.97. The molecule has 1 amide bonds. The van der Waals surface area contributed by atoms with E-state index in [0.29, 0.717) is 0 Å². The molecule has 0 spiro atoms. The molecular weight excluding hydrogens is 186 g/mol. The summed E-state index contributed by atoms with van der Waals surface area (Å²) in [6.07, 6.45) is 1.14. The van der Waals surface area contributed by atoms with Crippen LogP contribution in [0.1, 0.15) is 6.92 Å². The van der Waals surface area contributed by atoms with Crippen LogP contribution >= 0.6 is 0 Å². The Labute approximate surface area is 82.3 Å². The Morgan fingerprint density at radius 1 is 1.50 bits per heavy atom. The van der Waals surface area contributed by atoms with Gasteiger partial charge in [0.15, 0.2) is 0 Å². The van der Waals surface area contributed by atoms with E-state index < -0.39 is 5.97 Å². The van der Waals surface area contributed by atoms with Crippen LogP contribution < -0.4 is 5.32 Å². The minimum atomic E-state index is -0.625. The van der Waals surface area contributed by atoms with Gasteiger partial charge >= 0.3 is 5.97 Å². The van der Waals surface area contributed by atoms with Crippen molar-refractivity contribution in [2.24, 2.45) is 0 Å². The average molecular weight is 199 g/mol. The molecule has 0 aromatic heterocycles. The zero-order valence-corrected chi connectivity index (χ0v) is 8.04. The Morgan fingerprint density at radius 2 is 2.14 bits per heavy atom. The molecule has 0 unspecified atom stereocenters. The number of carbonyl (C=O) groups is 2. The maximum Gasteiger partial charge on any atom is 0.368 e. The summed E-state index contributed by atoms with van der Waals surface area (Å²) in [6, 6.07) is 0. The largest absolute Gasteiger partial charge is 0.368 e. The minimum absolute atomic E-state index is 0.0819. The van der Waals surface area contributed by atoms with Crippen LogP contribution in [0.5, 0.6) is 0 Å². The van der Waals surface area contributed by atoms with Gasteiger partial charge < -0.3 is 5.32 Å². The van der Waals surface area contributed by atoms with Crippen LogP contribution in [0.3, 0.4) is 0 Å². The zero-order chi connectivity index (χ0) is 11.0. The molecule has 14 heavy (non-hydrogen) atoms. The molecule has 0 fully saturated rings. The summed E-state index contributed by atoms with van der Waals surface area (Å²) < 4.78 is 0. The van der Waals surface area contributed by atoms with E-state index in [1.165, 1.54) is 6.92 Å². The molecule has 0 aliphatic rings. The number of nitrogens with one attached hydrogen (secondary N) is 1. The molecule has 0 heterocycles. The number of hydrogen-bond donors (Lipinski definition) is 1. The van der Waals surface area contributed by atoms with Gasteiger partial charge in [0.25, 0.3) is 0 Å². The third-order valence-corrected chi connectivity index (χ3v) is 1.15. The van der Waals surface area contributed by atoms with Crippen molar-refractivity contribution < 1.29 is 19.4 Å². The first-order chi connectivity index (χ1) is 6.57. The van der Waals surface area contributed by atoms with Gasteiger partial charge in [0, 0.05) is 12.1 Å². The molecule has 5 heteroatoms. The van der Waals surface area contributed by atoms with Crippen LogP contribution in [0.25, 0.3) is 0 Å². The lowest BCUT2D eigenvalue weighted by Crippen LogP contribution is -2.25. The van der Waals surface area contributed by atoms with E-state index >= 15 is 0 Å². The first kappa shape index (κ1) is 12.4. The topological polar surface area (TPSA) is 64.6 Å². The van der Waals surface area contributed by atoms with E-state index in [4.69, 9.17) is 0 Å². The summed E-state index contributed by atoms with van der Waals surface area (Å²) >= 11 is 0. The summed E-state index contributed by atoms with van der Waals surface area (Å²) in [5.74, 6) is -0.931. The number of hydrogen-bond acceptors (Lipinski definition) is 4. The van der Waals surface area contributed by atoms with E-state index in [-0.39, 0.29) is 24.6 Å². The van der Waals surface area contributed by atoms with Gasteiger partial charge in [0.05, 0.1) is 0 Å². The molecule has 0 rings (SSSR count). The predicted octanol–water partition coefficient (Wildman–Crippen LogP) is 0.339. The third-order valence-electron chi connectivity index (χ3n) is 1.15. The van der Waals surface area contributed by atoms with Crippen molar-refractivity contribution in [3.05, 3.63) is 24.8 Å². The van der Waals surface area contributed by atoms with Crippen LogP contribution in [0.2, 0.25) is 0 Å². The SMILES string of the molecule is C=CC(=O)NCCOOC(=O)C(=C)C. The Balaban J connectivity index is 3.38. The molecule has 0 bridgehead atoms. The highest BCUT2D eigenvalue weighted by Gasteiger charge is 2.03. The van der Waals surface area contributed by atoms with Crippen LogP contribution in [0.15, 0.2) is 24.8 Å². The van der Waals surface area contributed by atoms with E-state index in [0.717, 1.165) is 6.08 Å². The quantitative estimate of drug-likeness (QED) is 0.290. The summed E-state index contributed by atoms with van der Waals surface area (Å²) in [4.78, 5) is 30.2. The Hall–Kier alpha value is -1.62. The molecule has 1 N–H and O–H groups in total. The normalized spacial score (nSPS) is 8.93. The lowest BCUT2D eigenvalue weighted by atomic mass is 10.4. The lowest BCUT2D eigenvalue weighted by molar-refractivity contribution is -0.266. The summed E-state index contributed by atoms with van der Waals surface area (Å²) in [6.45, 7) is 8.45. The van der Waals surface area contributed by atoms with E-state index in [1.54, 1.807) is 0 Å². The fourth-order valence-electron chi connectivity index (χ4n) is 0.454. The molecule has 0 aromatic rings. The summed E-state index contributed by atoms with van der Waals surface area (Å²) in [5, 5.41) is 2.44. The second kappa shape index (κ2) is 6.85. The molecule has 0 aliphatic heterocycles. The highest BCUT2D eigenvalue weighted by atomic mass is 17.2. The number of carbonyl (C=O) groups excluding carboxylic acids is 2. The molecule has 0 saturated heterocycles. The Bertz CT molecular complexity index is 247. The van der Waals surface area contributed by atoms with Gasteiger partial charge in [-0.2, -0.15) is 4.89 Å². The third kappa shape index (κ3) is 5.96. The van der Waals surface area contributed by atoms with Crippen molar-refractivity contribution in [1.29, 1.82) is 0 Å². The zero-order valence-electron chi connectivity index (χ0n) is 8.04. The second-order valence-corrected chi connectivity index (χ2v) is 2.47. The van der Waals surface area contributed by atoms with Gasteiger partial charge in [-0.1, -0.05) is 13.2 Å². The second-order valence-electron chi connectivity index (χ2n) is 2.47. The monoisotopic (exact) mass is 199 g/mol. The van der Waals surface area contributed by atoms with Crippen LogP contribution in [-0.2, 0) is 19.4 Å². The summed E-state index contributed by atoms with van der Waals surface area (Å²) in [5.41, 5.74) is 0.250. The van der Waals surface area contributed by atoms with E-state index in [2.05, 4.69) is 28.2 Å². The summed E-state index contributed by atoms with van der Waals surface area (Å²) in [7, 11) is 0. The average Bonchev–Trinajstić information content (AvgIpc) is 2.16. The fourth-order valence-corrected chi connectivity index (χ4v) is 0.454. The van der Waals surface area contributed by atoms with Crippen molar-refractivity contribution in [3.8, 4) is 0 Å².